The van der Waals surface area contributed by atoms with E-state index in [1.165, 1.54) is 7.11 Å². The molecule has 206 valence electrons. The Kier molecular flexibility index (Phi) is 8.14. The van der Waals surface area contributed by atoms with Gasteiger partial charge in [-0.15, -0.1) is 0 Å². The van der Waals surface area contributed by atoms with Crippen LogP contribution in [0.4, 0.5) is 16.2 Å². The van der Waals surface area contributed by atoms with Crippen LogP contribution in [0.5, 0.6) is 17.2 Å². The third kappa shape index (κ3) is 6.26. The Morgan fingerprint density at radius 1 is 0.750 bits per heavy atom. The van der Waals surface area contributed by atoms with E-state index in [-0.39, 0.29) is 16.7 Å². The lowest BCUT2D eigenvalue weighted by molar-refractivity contribution is 0.0693. The molecule has 0 bridgehead atoms. The molecule has 0 aliphatic heterocycles. The van der Waals surface area contributed by atoms with Crippen LogP contribution in [0.3, 0.4) is 0 Å². The molecule has 7 heteroatoms. The number of ether oxygens (including phenoxy) is 2. The van der Waals surface area contributed by atoms with E-state index in [9.17, 15) is 14.7 Å². The number of carbonyl (C=O) groups excluding carboxylic acids is 1. The molecule has 4 rings (SSSR count). The third-order valence-corrected chi connectivity index (χ3v) is 6.62. The molecular formula is C33H34N2O5. The van der Waals surface area contributed by atoms with E-state index < -0.39 is 12.0 Å². The molecule has 2 amide bonds. The van der Waals surface area contributed by atoms with Crippen molar-refractivity contribution >= 4 is 23.4 Å². The molecule has 0 atom stereocenters. The van der Waals surface area contributed by atoms with Crippen LogP contribution >= 0.6 is 0 Å². The number of hydrogen-bond acceptors (Lipinski definition) is 4. The van der Waals surface area contributed by atoms with Gasteiger partial charge in [0.05, 0.1) is 12.8 Å². The summed E-state index contributed by atoms with van der Waals surface area (Å²) in [5.41, 5.74) is 5.27. The topological polar surface area (TPSA) is 96.9 Å². The first kappa shape index (κ1) is 28.2. The number of anilines is 2. The number of amides is 2. The van der Waals surface area contributed by atoms with Crippen molar-refractivity contribution in [3.63, 3.8) is 0 Å². The molecule has 0 radical (unpaired) electrons. The summed E-state index contributed by atoms with van der Waals surface area (Å²) in [7, 11) is 1.43. The predicted octanol–water partition coefficient (Wildman–Crippen LogP) is 8.41. The summed E-state index contributed by atoms with van der Waals surface area (Å²) in [5, 5.41) is 15.5. The van der Waals surface area contributed by atoms with Gasteiger partial charge in [-0.05, 0) is 71.8 Å². The van der Waals surface area contributed by atoms with Crippen molar-refractivity contribution in [2.75, 3.05) is 17.7 Å². The molecule has 3 N–H and O–H groups in total. The summed E-state index contributed by atoms with van der Waals surface area (Å²) in [6.07, 6.45) is 0. The number of aryl methyl sites for hydroxylation is 2. The van der Waals surface area contributed by atoms with Crippen LogP contribution in [0.25, 0.3) is 11.1 Å². The first-order valence-corrected chi connectivity index (χ1v) is 12.9. The second-order valence-electron chi connectivity index (χ2n) is 10.6. The van der Waals surface area contributed by atoms with E-state index in [2.05, 4.69) is 31.4 Å². The molecule has 0 fully saturated rings. The zero-order valence-electron chi connectivity index (χ0n) is 23.6. The smallest absolute Gasteiger partial charge is 0.339 e. The van der Waals surface area contributed by atoms with Crippen LogP contribution in [0.2, 0.25) is 0 Å². The van der Waals surface area contributed by atoms with Crippen molar-refractivity contribution < 1.29 is 24.2 Å². The summed E-state index contributed by atoms with van der Waals surface area (Å²) in [5.74, 6) is 0.350. The van der Waals surface area contributed by atoms with Gasteiger partial charge in [0.15, 0.2) is 5.75 Å². The normalized spacial score (nSPS) is 11.1. The van der Waals surface area contributed by atoms with Gasteiger partial charge < -0.3 is 25.2 Å². The Morgan fingerprint density at radius 2 is 1.38 bits per heavy atom. The SMILES string of the molecule is COc1ccc(-c2ccc(Oc3c(C)cccc3C(C)(C)C)c(NC(=O)Nc3ccccc3C)c2)cc1C(=O)O. The first-order valence-electron chi connectivity index (χ1n) is 12.9. The Balaban J connectivity index is 1.78. The fourth-order valence-electron chi connectivity index (χ4n) is 4.43. The number of methoxy groups -OCH3 is 1. The number of benzene rings is 4. The Hall–Kier alpha value is -4.78. The van der Waals surface area contributed by atoms with Gasteiger partial charge in [-0.1, -0.05) is 69.3 Å². The van der Waals surface area contributed by atoms with Crippen molar-refractivity contribution in [1.29, 1.82) is 0 Å². The highest BCUT2D eigenvalue weighted by Gasteiger charge is 2.22. The van der Waals surface area contributed by atoms with Crippen molar-refractivity contribution in [2.45, 2.75) is 40.0 Å². The third-order valence-electron chi connectivity index (χ3n) is 6.62. The van der Waals surface area contributed by atoms with E-state index in [0.717, 1.165) is 22.4 Å². The number of nitrogens with one attached hydrogen (secondary N) is 2. The van der Waals surface area contributed by atoms with Crippen molar-refractivity contribution in [3.05, 3.63) is 101 Å². The zero-order chi connectivity index (χ0) is 29.0. The highest BCUT2D eigenvalue weighted by atomic mass is 16.5. The molecule has 7 nitrogen and oxygen atoms in total. The maximum absolute atomic E-state index is 13.1. The average Bonchev–Trinajstić information content (AvgIpc) is 2.91. The molecule has 0 aliphatic carbocycles. The number of urea groups is 1. The van der Waals surface area contributed by atoms with Crippen LogP contribution in [-0.4, -0.2) is 24.2 Å². The molecular weight excluding hydrogens is 504 g/mol. The molecule has 0 unspecified atom stereocenters. The van der Waals surface area contributed by atoms with Crippen molar-refractivity contribution in [2.24, 2.45) is 0 Å². The van der Waals surface area contributed by atoms with E-state index >= 15 is 0 Å². The molecule has 40 heavy (non-hydrogen) atoms. The number of hydrogen-bond donors (Lipinski definition) is 3. The summed E-state index contributed by atoms with van der Waals surface area (Å²) < 4.78 is 11.7. The van der Waals surface area contributed by atoms with E-state index in [1.807, 2.05) is 62.4 Å². The van der Waals surface area contributed by atoms with Gasteiger partial charge in [-0.3, -0.25) is 0 Å². The summed E-state index contributed by atoms with van der Waals surface area (Å²) in [6.45, 7) is 10.3. The minimum absolute atomic E-state index is 0.0434. The number of rotatable bonds is 7. The maximum Gasteiger partial charge on any atom is 0.339 e. The Bertz CT molecular complexity index is 1570. The molecule has 0 spiro atoms. The maximum atomic E-state index is 13.1. The number of carboxylic acids is 1. The largest absolute Gasteiger partial charge is 0.496 e. The Morgan fingerprint density at radius 3 is 2.02 bits per heavy atom. The van der Waals surface area contributed by atoms with Crippen LogP contribution < -0.4 is 20.1 Å². The van der Waals surface area contributed by atoms with Gasteiger partial charge in [0.1, 0.15) is 17.1 Å². The summed E-state index contributed by atoms with van der Waals surface area (Å²) >= 11 is 0. The minimum Gasteiger partial charge on any atom is -0.496 e. The number of carboxylic acid groups (broad SMARTS) is 1. The molecule has 4 aromatic carbocycles. The second-order valence-corrected chi connectivity index (χ2v) is 10.6. The van der Waals surface area contributed by atoms with Crippen LogP contribution in [0.1, 0.15) is 47.8 Å². The summed E-state index contributed by atoms with van der Waals surface area (Å²) in [6, 6.07) is 23.4. The minimum atomic E-state index is -1.09. The van der Waals surface area contributed by atoms with Gasteiger partial charge in [0.2, 0.25) is 0 Å². The fraction of sp³-hybridized carbons (Fsp3) is 0.212. The molecule has 0 aliphatic rings. The summed E-state index contributed by atoms with van der Waals surface area (Å²) in [4.78, 5) is 24.9. The van der Waals surface area contributed by atoms with E-state index in [1.54, 1.807) is 30.3 Å². The first-order chi connectivity index (χ1) is 19.0. The molecule has 0 heterocycles. The highest BCUT2D eigenvalue weighted by molar-refractivity contribution is 6.01. The zero-order valence-corrected chi connectivity index (χ0v) is 23.6. The van der Waals surface area contributed by atoms with Crippen molar-refractivity contribution in [1.82, 2.24) is 0 Å². The fourth-order valence-corrected chi connectivity index (χ4v) is 4.43. The predicted molar refractivity (Wildman–Crippen MR) is 159 cm³/mol. The monoisotopic (exact) mass is 538 g/mol. The van der Waals surface area contributed by atoms with Crippen LogP contribution in [0.15, 0.2) is 78.9 Å². The van der Waals surface area contributed by atoms with E-state index in [0.29, 0.717) is 28.3 Å². The van der Waals surface area contributed by atoms with Gasteiger partial charge >= 0.3 is 12.0 Å². The van der Waals surface area contributed by atoms with Crippen LogP contribution in [-0.2, 0) is 5.41 Å². The number of para-hydroxylation sites is 2. The second kappa shape index (κ2) is 11.5. The number of aromatic carboxylic acids is 1. The lowest BCUT2D eigenvalue weighted by atomic mass is 9.85. The molecule has 0 saturated carbocycles. The lowest BCUT2D eigenvalue weighted by Crippen LogP contribution is -2.20. The van der Waals surface area contributed by atoms with Gasteiger partial charge in [0.25, 0.3) is 0 Å². The molecule has 4 aromatic rings. The Labute approximate surface area is 234 Å². The van der Waals surface area contributed by atoms with Gasteiger partial charge in [0, 0.05) is 11.3 Å². The molecule has 0 saturated heterocycles. The highest BCUT2D eigenvalue weighted by Crippen LogP contribution is 2.40. The van der Waals surface area contributed by atoms with E-state index in [4.69, 9.17) is 9.47 Å². The number of carbonyl (C=O) groups is 2. The van der Waals surface area contributed by atoms with Crippen molar-refractivity contribution in [3.8, 4) is 28.4 Å². The average molecular weight is 539 g/mol. The van der Waals surface area contributed by atoms with Crippen LogP contribution in [0, 0.1) is 13.8 Å². The van der Waals surface area contributed by atoms with Gasteiger partial charge in [-0.25, -0.2) is 9.59 Å². The van der Waals surface area contributed by atoms with Gasteiger partial charge in [-0.2, -0.15) is 0 Å². The lowest BCUT2D eigenvalue weighted by Gasteiger charge is -2.25. The standard InChI is InChI=1S/C33H34N2O5/c1-20-10-7-8-13-26(20)34-32(38)35-27-19-23(22-14-16-28(39-6)24(18-22)31(36)37)15-17-29(27)40-30-21(2)11-9-12-25(30)33(3,4)5/h7-19H,1-6H3,(H,36,37)(H2,34,35,38). The quantitative estimate of drug-likeness (QED) is 0.219. The molecule has 0 aromatic heterocycles.